The van der Waals surface area contributed by atoms with E-state index in [1.807, 2.05) is 12.1 Å². The summed E-state index contributed by atoms with van der Waals surface area (Å²) in [7, 11) is 5.08. The molecule has 0 heterocycles. The quantitative estimate of drug-likeness (QED) is 0.618. The summed E-state index contributed by atoms with van der Waals surface area (Å²) in [6, 6.07) is 4.43. The molecule has 0 bridgehead atoms. The maximum atomic E-state index is 5.35. The third kappa shape index (κ3) is 4.29. The van der Waals surface area contributed by atoms with Crippen molar-refractivity contribution in [3.63, 3.8) is 0 Å². The highest BCUT2D eigenvalue weighted by molar-refractivity contribution is 9.10. The lowest BCUT2D eigenvalue weighted by molar-refractivity contribution is 0.354. The standard InChI is InChI=1S/C16H24BrN3O2/c1-18-16(20-12-6-4-5-7-12)19-10-11-8-14(21-2)15(22-3)9-13(11)17/h8-9,12H,4-7,10H2,1-3H3,(H2,18,19,20). The molecule has 5 nitrogen and oxygen atoms in total. The van der Waals surface area contributed by atoms with Crippen LogP contribution in [-0.2, 0) is 6.54 Å². The third-order valence-corrected chi connectivity index (χ3v) is 4.66. The van der Waals surface area contributed by atoms with Crippen molar-refractivity contribution in [2.45, 2.75) is 38.3 Å². The number of guanidine groups is 1. The van der Waals surface area contributed by atoms with E-state index >= 15 is 0 Å². The highest BCUT2D eigenvalue weighted by Crippen LogP contribution is 2.33. The molecule has 1 aromatic carbocycles. The number of rotatable bonds is 5. The van der Waals surface area contributed by atoms with Crippen LogP contribution in [0.15, 0.2) is 21.6 Å². The van der Waals surface area contributed by atoms with Crippen molar-refractivity contribution in [2.75, 3.05) is 21.3 Å². The number of nitrogens with zero attached hydrogens (tertiary/aromatic N) is 1. The molecule has 22 heavy (non-hydrogen) atoms. The van der Waals surface area contributed by atoms with Crippen molar-refractivity contribution >= 4 is 21.9 Å². The monoisotopic (exact) mass is 369 g/mol. The van der Waals surface area contributed by atoms with Gasteiger partial charge >= 0.3 is 0 Å². The van der Waals surface area contributed by atoms with E-state index in [2.05, 4.69) is 31.6 Å². The largest absolute Gasteiger partial charge is 0.493 e. The van der Waals surface area contributed by atoms with E-state index in [0.717, 1.165) is 21.7 Å². The molecular weight excluding hydrogens is 346 g/mol. The highest BCUT2D eigenvalue weighted by Gasteiger charge is 2.16. The first kappa shape index (κ1) is 16.9. The van der Waals surface area contributed by atoms with Crippen LogP contribution in [0.1, 0.15) is 31.2 Å². The van der Waals surface area contributed by atoms with Crippen LogP contribution in [-0.4, -0.2) is 33.3 Å². The van der Waals surface area contributed by atoms with Crippen molar-refractivity contribution in [2.24, 2.45) is 4.99 Å². The molecule has 0 radical (unpaired) electrons. The summed E-state index contributed by atoms with van der Waals surface area (Å²) in [5, 5.41) is 6.83. The molecule has 0 spiro atoms. The van der Waals surface area contributed by atoms with Crippen LogP contribution in [0.4, 0.5) is 0 Å². The molecule has 2 rings (SSSR count). The first-order valence-electron chi connectivity index (χ1n) is 7.55. The van der Waals surface area contributed by atoms with Gasteiger partial charge in [-0.2, -0.15) is 0 Å². The summed E-state index contributed by atoms with van der Waals surface area (Å²) < 4.78 is 11.6. The molecule has 0 atom stereocenters. The van der Waals surface area contributed by atoms with Gasteiger partial charge in [0.15, 0.2) is 17.5 Å². The van der Waals surface area contributed by atoms with Crippen LogP contribution in [0, 0.1) is 0 Å². The van der Waals surface area contributed by atoms with E-state index in [0.29, 0.717) is 18.3 Å². The molecule has 1 aromatic rings. The first-order chi connectivity index (χ1) is 10.7. The van der Waals surface area contributed by atoms with E-state index < -0.39 is 0 Å². The van der Waals surface area contributed by atoms with Crippen molar-refractivity contribution < 1.29 is 9.47 Å². The summed E-state index contributed by atoms with van der Waals surface area (Å²) in [5.74, 6) is 2.28. The van der Waals surface area contributed by atoms with Gasteiger partial charge in [0.2, 0.25) is 0 Å². The van der Waals surface area contributed by atoms with E-state index in [1.54, 1.807) is 21.3 Å². The average Bonchev–Trinajstić information content (AvgIpc) is 3.04. The Bertz CT molecular complexity index is 528. The maximum absolute atomic E-state index is 5.35. The maximum Gasteiger partial charge on any atom is 0.191 e. The fraction of sp³-hybridized carbons (Fsp3) is 0.562. The Balaban J connectivity index is 2.00. The summed E-state index contributed by atoms with van der Waals surface area (Å²) in [6.45, 7) is 0.660. The lowest BCUT2D eigenvalue weighted by Gasteiger charge is -2.18. The SMILES string of the molecule is CN=C(NCc1cc(OC)c(OC)cc1Br)NC1CCCC1. The first-order valence-corrected chi connectivity index (χ1v) is 8.34. The molecule has 0 aromatic heterocycles. The number of aliphatic imine (C=N–C) groups is 1. The lowest BCUT2D eigenvalue weighted by atomic mass is 10.2. The average molecular weight is 370 g/mol. The molecule has 2 N–H and O–H groups in total. The van der Waals surface area contributed by atoms with Gasteiger partial charge < -0.3 is 20.1 Å². The molecule has 1 saturated carbocycles. The number of ether oxygens (including phenoxy) is 2. The predicted octanol–water partition coefficient (Wildman–Crippen LogP) is 3.07. The number of nitrogens with one attached hydrogen (secondary N) is 2. The van der Waals surface area contributed by atoms with Gasteiger partial charge in [-0.25, -0.2) is 0 Å². The van der Waals surface area contributed by atoms with Crippen molar-refractivity contribution in [1.29, 1.82) is 0 Å². The Morgan fingerprint density at radius 1 is 1.23 bits per heavy atom. The second-order valence-electron chi connectivity index (χ2n) is 5.35. The Hall–Kier alpha value is -1.43. The van der Waals surface area contributed by atoms with Gasteiger partial charge in [0.1, 0.15) is 0 Å². The molecule has 122 valence electrons. The molecular formula is C16H24BrN3O2. The Morgan fingerprint density at radius 3 is 2.45 bits per heavy atom. The molecule has 0 amide bonds. The molecule has 0 unspecified atom stereocenters. The fourth-order valence-corrected chi connectivity index (χ4v) is 3.13. The van der Waals surface area contributed by atoms with Gasteiger partial charge in [0.05, 0.1) is 14.2 Å². The van der Waals surface area contributed by atoms with Crippen LogP contribution < -0.4 is 20.1 Å². The molecule has 1 aliphatic rings. The molecule has 1 aliphatic carbocycles. The van der Waals surface area contributed by atoms with Gasteiger partial charge in [-0.1, -0.05) is 28.8 Å². The summed E-state index contributed by atoms with van der Waals surface area (Å²) in [4.78, 5) is 4.30. The third-order valence-electron chi connectivity index (χ3n) is 3.92. The Labute approximate surface area is 140 Å². The van der Waals surface area contributed by atoms with Gasteiger partial charge in [-0.15, -0.1) is 0 Å². The van der Waals surface area contributed by atoms with E-state index in [4.69, 9.17) is 9.47 Å². The van der Waals surface area contributed by atoms with E-state index in [9.17, 15) is 0 Å². The van der Waals surface area contributed by atoms with Crippen molar-refractivity contribution in [3.05, 3.63) is 22.2 Å². The number of hydrogen-bond acceptors (Lipinski definition) is 3. The zero-order valence-corrected chi connectivity index (χ0v) is 15.0. The second-order valence-corrected chi connectivity index (χ2v) is 6.20. The second kappa shape index (κ2) is 8.27. The summed E-state index contributed by atoms with van der Waals surface area (Å²) in [6.07, 6.45) is 5.05. The van der Waals surface area contributed by atoms with Crippen molar-refractivity contribution in [1.82, 2.24) is 10.6 Å². The van der Waals surface area contributed by atoms with Crippen LogP contribution >= 0.6 is 15.9 Å². The Kier molecular flexibility index (Phi) is 6.36. The zero-order valence-electron chi connectivity index (χ0n) is 13.4. The summed E-state index contributed by atoms with van der Waals surface area (Å²) >= 11 is 3.58. The minimum atomic E-state index is 0.542. The molecule has 0 aliphatic heterocycles. The van der Waals surface area contributed by atoms with Crippen LogP contribution in [0.5, 0.6) is 11.5 Å². The fourth-order valence-electron chi connectivity index (χ4n) is 2.67. The smallest absolute Gasteiger partial charge is 0.191 e. The normalized spacial score (nSPS) is 15.7. The Morgan fingerprint density at radius 2 is 1.86 bits per heavy atom. The molecule has 6 heteroatoms. The number of benzene rings is 1. The number of halogens is 1. The summed E-state index contributed by atoms with van der Waals surface area (Å²) in [5.41, 5.74) is 1.09. The van der Waals surface area contributed by atoms with Crippen LogP contribution in [0.2, 0.25) is 0 Å². The molecule has 1 fully saturated rings. The number of hydrogen-bond donors (Lipinski definition) is 2. The minimum absolute atomic E-state index is 0.542. The van der Waals surface area contributed by atoms with Crippen LogP contribution in [0.3, 0.4) is 0 Å². The van der Waals surface area contributed by atoms with Gasteiger partial charge in [0, 0.05) is 24.1 Å². The lowest BCUT2D eigenvalue weighted by Crippen LogP contribution is -2.41. The van der Waals surface area contributed by atoms with Crippen molar-refractivity contribution in [3.8, 4) is 11.5 Å². The van der Waals surface area contributed by atoms with Gasteiger partial charge in [-0.05, 0) is 30.5 Å². The number of methoxy groups -OCH3 is 2. The van der Waals surface area contributed by atoms with E-state index in [1.165, 1.54) is 25.7 Å². The van der Waals surface area contributed by atoms with Crippen LogP contribution in [0.25, 0.3) is 0 Å². The minimum Gasteiger partial charge on any atom is -0.493 e. The van der Waals surface area contributed by atoms with Gasteiger partial charge in [-0.3, -0.25) is 4.99 Å². The zero-order chi connectivity index (χ0) is 15.9. The molecule has 0 saturated heterocycles. The van der Waals surface area contributed by atoms with E-state index in [-0.39, 0.29) is 0 Å². The topological polar surface area (TPSA) is 54.9 Å². The predicted molar refractivity (Wildman–Crippen MR) is 92.8 cm³/mol. The van der Waals surface area contributed by atoms with Gasteiger partial charge in [0.25, 0.3) is 0 Å². The highest BCUT2D eigenvalue weighted by atomic mass is 79.9.